The number of halogens is 1. The van der Waals surface area contributed by atoms with Crippen molar-refractivity contribution in [2.45, 2.75) is 32.2 Å². The van der Waals surface area contributed by atoms with Crippen LogP contribution in [0.1, 0.15) is 24.0 Å². The topological polar surface area (TPSA) is 115 Å². The maximum Gasteiger partial charge on any atom is 0.232 e. The zero-order valence-electron chi connectivity index (χ0n) is 27.1. The fourth-order valence-electron chi connectivity index (χ4n) is 6.59. The van der Waals surface area contributed by atoms with Crippen LogP contribution in [0.25, 0.3) is 0 Å². The van der Waals surface area contributed by atoms with Crippen LogP contribution in [0.2, 0.25) is 0 Å². The first-order chi connectivity index (χ1) is 22.0. The minimum absolute atomic E-state index is 0.367. The van der Waals surface area contributed by atoms with E-state index < -0.39 is 10.0 Å². The molecular formula is C32H43BrN8O4S. The molecule has 6 rings (SSSR count). The Kier molecular flexibility index (Phi) is 9.51. The number of nitrogens with one attached hydrogen (secondary N) is 2. The third kappa shape index (κ3) is 6.85. The minimum Gasteiger partial charge on any atom is -0.494 e. The molecular weight excluding hydrogens is 672 g/mol. The summed E-state index contributed by atoms with van der Waals surface area (Å²) in [4.78, 5) is 16.8. The van der Waals surface area contributed by atoms with Crippen molar-refractivity contribution in [2.75, 3.05) is 93.2 Å². The molecule has 14 heteroatoms. The van der Waals surface area contributed by atoms with Gasteiger partial charge in [-0.05, 0) is 66.5 Å². The van der Waals surface area contributed by atoms with Crippen molar-refractivity contribution in [1.29, 1.82) is 0 Å². The van der Waals surface area contributed by atoms with Gasteiger partial charge in [0.25, 0.3) is 0 Å². The lowest BCUT2D eigenvalue weighted by Gasteiger charge is -2.43. The SMILES string of the molecule is COc1cc(N2CCC(N3CCN(C)CC3)CC2)c(C)cc1Nc1ncc(Br)c(Nc2ccc3c(c2N(C)S(C)(=O)=O)CCO3)n1. The number of likely N-dealkylation sites (N-methyl/N-ethyl adjacent to an activating group) is 1. The number of hydrogen-bond acceptors (Lipinski definition) is 11. The van der Waals surface area contributed by atoms with E-state index in [9.17, 15) is 8.42 Å². The van der Waals surface area contributed by atoms with Crippen LogP contribution in [0, 0.1) is 6.92 Å². The Morgan fingerprint density at radius 2 is 1.80 bits per heavy atom. The fraction of sp³-hybridized carbons (Fsp3) is 0.500. The summed E-state index contributed by atoms with van der Waals surface area (Å²) in [6, 6.07) is 8.49. The van der Waals surface area contributed by atoms with E-state index >= 15 is 0 Å². The monoisotopic (exact) mass is 714 g/mol. The summed E-state index contributed by atoms with van der Waals surface area (Å²) >= 11 is 3.56. The Morgan fingerprint density at radius 1 is 1.07 bits per heavy atom. The molecule has 2 saturated heterocycles. The fourth-order valence-corrected chi connectivity index (χ4v) is 7.42. The molecule has 0 unspecified atom stereocenters. The summed E-state index contributed by atoms with van der Waals surface area (Å²) in [5.74, 6) is 2.24. The van der Waals surface area contributed by atoms with Crippen LogP contribution in [0.3, 0.4) is 0 Å². The smallest absolute Gasteiger partial charge is 0.232 e. The number of fused-ring (bicyclic) bond motifs is 1. The molecule has 0 aliphatic carbocycles. The molecule has 0 spiro atoms. The number of methoxy groups -OCH3 is 1. The average Bonchev–Trinajstić information content (AvgIpc) is 3.51. The standard InChI is InChI=1S/C32H43BrN8O4S/c1-21-18-26(29(44-4)19-27(21)41-11-8-22(9-12-41)40-15-13-38(2)14-16-40)36-32-34-20-24(33)31(37-32)35-25-6-7-28-23(10-17-45-28)30(25)39(3)46(5,42)43/h6-7,18-20,22H,8-17H2,1-5H3,(H2,34,35,36,37). The molecule has 0 saturated carbocycles. The maximum atomic E-state index is 12.6. The highest BCUT2D eigenvalue weighted by molar-refractivity contribution is 9.10. The number of ether oxygens (including phenoxy) is 2. The van der Waals surface area contributed by atoms with E-state index in [-0.39, 0.29) is 0 Å². The molecule has 0 bridgehead atoms. The van der Waals surface area contributed by atoms with E-state index in [1.807, 2.05) is 12.1 Å². The van der Waals surface area contributed by atoms with E-state index in [0.717, 1.165) is 68.9 Å². The van der Waals surface area contributed by atoms with Gasteiger partial charge in [0, 0.05) is 82.3 Å². The summed E-state index contributed by atoms with van der Waals surface area (Å²) < 4.78 is 38.6. The Bertz CT molecular complexity index is 1690. The average molecular weight is 716 g/mol. The number of anilines is 6. The normalized spacial score (nSPS) is 17.8. The van der Waals surface area contributed by atoms with Gasteiger partial charge in [-0.1, -0.05) is 0 Å². The number of hydrogen-bond donors (Lipinski definition) is 2. The van der Waals surface area contributed by atoms with Crippen LogP contribution < -0.4 is 29.3 Å². The van der Waals surface area contributed by atoms with Gasteiger partial charge >= 0.3 is 0 Å². The third-order valence-corrected chi connectivity index (χ3v) is 11.0. The van der Waals surface area contributed by atoms with E-state index in [4.69, 9.17) is 14.5 Å². The van der Waals surface area contributed by atoms with Gasteiger partial charge < -0.3 is 29.9 Å². The third-order valence-electron chi connectivity index (χ3n) is 9.28. The number of piperidine rings is 1. The molecule has 0 radical (unpaired) electrons. The second-order valence-corrected chi connectivity index (χ2v) is 15.2. The van der Waals surface area contributed by atoms with Gasteiger partial charge in [0.05, 0.1) is 41.5 Å². The van der Waals surface area contributed by atoms with Gasteiger partial charge in [-0.25, -0.2) is 13.4 Å². The summed E-state index contributed by atoms with van der Waals surface area (Å²) in [5, 5.41) is 6.67. The van der Waals surface area contributed by atoms with Crippen LogP contribution in [-0.4, -0.2) is 108 Å². The van der Waals surface area contributed by atoms with Crippen LogP contribution >= 0.6 is 15.9 Å². The van der Waals surface area contributed by atoms with Gasteiger partial charge in [0.15, 0.2) is 0 Å². The van der Waals surface area contributed by atoms with Crippen LogP contribution in [-0.2, 0) is 16.4 Å². The molecule has 4 heterocycles. The highest BCUT2D eigenvalue weighted by atomic mass is 79.9. The van der Waals surface area contributed by atoms with Crippen LogP contribution in [0.4, 0.5) is 34.5 Å². The van der Waals surface area contributed by atoms with Crippen molar-refractivity contribution in [1.82, 2.24) is 19.8 Å². The van der Waals surface area contributed by atoms with Crippen molar-refractivity contribution in [3.05, 3.63) is 46.1 Å². The van der Waals surface area contributed by atoms with Gasteiger partial charge in [-0.2, -0.15) is 4.98 Å². The molecule has 2 N–H and O–H groups in total. The largest absolute Gasteiger partial charge is 0.494 e. The van der Waals surface area contributed by atoms with Crippen molar-refractivity contribution in [3.63, 3.8) is 0 Å². The number of benzene rings is 2. The number of aromatic nitrogens is 2. The molecule has 46 heavy (non-hydrogen) atoms. The second kappa shape index (κ2) is 13.4. The first kappa shape index (κ1) is 32.6. The van der Waals surface area contributed by atoms with E-state index in [1.165, 1.54) is 16.2 Å². The van der Waals surface area contributed by atoms with Gasteiger partial charge in [-0.3, -0.25) is 9.21 Å². The molecule has 2 fully saturated rings. The minimum atomic E-state index is -3.52. The first-order valence-corrected chi connectivity index (χ1v) is 18.3. The van der Waals surface area contributed by atoms with Crippen molar-refractivity contribution in [3.8, 4) is 11.5 Å². The lowest BCUT2D eigenvalue weighted by atomic mass is 10.0. The lowest BCUT2D eigenvalue weighted by Crippen LogP contribution is -2.52. The summed E-state index contributed by atoms with van der Waals surface area (Å²) in [6.07, 6.45) is 5.78. The zero-order valence-corrected chi connectivity index (χ0v) is 29.5. The number of sulfonamides is 1. The molecule has 3 aliphatic rings. The van der Waals surface area contributed by atoms with Crippen molar-refractivity contribution >= 4 is 60.5 Å². The van der Waals surface area contributed by atoms with E-state index in [0.29, 0.717) is 58.2 Å². The predicted molar refractivity (Wildman–Crippen MR) is 187 cm³/mol. The quantitative estimate of drug-likeness (QED) is 0.324. The number of nitrogens with zero attached hydrogens (tertiary/aromatic N) is 6. The van der Waals surface area contributed by atoms with Gasteiger partial charge in [0.2, 0.25) is 16.0 Å². The first-order valence-electron chi connectivity index (χ1n) is 15.7. The Hall–Kier alpha value is -3.33. The molecule has 248 valence electrons. The van der Waals surface area contributed by atoms with Crippen molar-refractivity contribution < 1.29 is 17.9 Å². The number of rotatable bonds is 9. The zero-order chi connectivity index (χ0) is 32.6. The molecule has 3 aromatic rings. The van der Waals surface area contributed by atoms with Crippen LogP contribution in [0.15, 0.2) is 34.9 Å². The lowest BCUT2D eigenvalue weighted by molar-refractivity contribution is 0.0982. The maximum absolute atomic E-state index is 12.6. The molecule has 12 nitrogen and oxygen atoms in total. The Balaban J connectivity index is 1.20. The van der Waals surface area contributed by atoms with E-state index in [1.54, 1.807) is 20.4 Å². The highest BCUT2D eigenvalue weighted by Gasteiger charge is 2.29. The summed E-state index contributed by atoms with van der Waals surface area (Å²) in [5.41, 5.74) is 5.06. The number of piperazine rings is 1. The predicted octanol–water partition coefficient (Wildman–Crippen LogP) is 4.59. The van der Waals surface area contributed by atoms with Gasteiger partial charge in [-0.15, -0.1) is 0 Å². The number of aryl methyl sites for hydroxylation is 1. The van der Waals surface area contributed by atoms with Gasteiger partial charge in [0.1, 0.15) is 17.3 Å². The highest BCUT2D eigenvalue weighted by Crippen LogP contribution is 2.42. The van der Waals surface area contributed by atoms with Crippen LogP contribution in [0.5, 0.6) is 11.5 Å². The van der Waals surface area contributed by atoms with Crippen molar-refractivity contribution in [2.24, 2.45) is 0 Å². The molecule has 2 aromatic carbocycles. The summed E-state index contributed by atoms with van der Waals surface area (Å²) in [6.45, 7) is 9.28. The second-order valence-electron chi connectivity index (χ2n) is 12.3. The Labute approximate surface area is 280 Å². The molecule has 0 atom stereocenters. The van der Waals surface area contributed by atoms with E-state index in [2.05, 4.69) is 72.4 Å². The Morgan fingerprint density at radius 3 is 2.50 bits per heavy atom. The molecule has 1 aromatic heterocycles. The molecule has 0 amide bonds. The summed E-state index contributed by atoms with van der Waals surface area (Å²) in [7, 11) is 1.90. The molecule has 3 aliphatic heterocycles.